The Morgan fingerprint density at radius 1 is 1.24 bits per heavy atom. The maximum Gasteiger partial charge on any atom is 0.326 e. The Bertz CT molecular complexity index is 673. The van der Waals surface area contributed by atoms with Crippen LogP contribution in [0.4, 0.5) is 0 Å². The van der Waals surface area contributed by atoms with Crippen LogP contribution < -0.4 is 0 Å². The van der Waals surface area contributed by atoms with E-state index in [-0.39, 0.29) is 37.8 Å². The van der Waals surface area contributed by atoms with E-state index in [1.54, 1.807) is 6.20 Å². The second-order valence-corrected chi connectivity index (χ2v) is 4.73. The molecule has 2 aromatic rings. The smallest absolute Gasteiger partial charge is 0.326 e. The average Bonchev–Trinajstić information content (AvgIpc) is 3.03. The van der Waals surface area contributed by atoms with Crippen molar-refractivity contribution in [3.8, 4) is 0 Å². The van der Waals surface area contributed by atoms with Gasteiger partial charge in [-0.05, 0) is 12.1 Å². The molecule has 0 bridgehead atoms. The maximum atomic E-state index is 11.7. The summed E-state index contributed by atoms with van der Waals surface area (Å²) in [7, 11) is 0. The number of rotatable bonds is 4. The molecule has 1 aliphatic rings. The molecule has 0 atom stereocenters. The van der Waals surface area contributed by atoms with Gasteiger partial charge in [0.05, 0.1) is 5.69 Å². The van der Waals surface area contributed by atoms with E-state index >= 15 is 0 Å². The third-order valence-electron chi connectivity index (χ3n) is 3.24. The SMILES string of the molecule is O=C(CN1C(=O)CCC1=O)OCc1cn2ccccc2n1. The van der Waals surface area contributed by atoms with Gasteiger partial charge >= 0.3 is 5.97 Å². The number of imidazole rings is 1. The minimum Gasteiger partial charge on any atom is -0.458 e. The largest absolute Gasteiger partial charge is 0.458 e. The number of ether oxygens (including phenoxy) is 1. The summed E-state index contributed by atoms with van der Waals surface area (Å²) in [4.78, 5) is 39.7. The van der Waals surface area contributed by atoms with Crippen molar-refractivity contribution in [1.29, 1.82) is 0 Å². The molecular formula is C14H13N3O4. The molecule has 7 heteroatoms. The molecule has 3 heterocycles. The monoisotopic (exact) mass is 287 g/mol. The molecule has 0 unspecified atom stereocenters. The highest BCUT2D eigenvalue weighted by Crippen LogP contribution is 2.11. The van der Waals surface area contributed by atoms with Crippen LogP contribution in [0.2, 0.25) is 0 Å². The maximum absolute atomic E-state index is 11.7. The van der Waals surface area contributed by atoms with E-state index < -0.39 is 5.97 Å². The number of esters is 1. The van der Waals surface area contributed by atoms with E-state index in [0.717, 1.165) is 10.5 Å². The van der Waals surface area contributed by atoms with Crippen molar-refractivity contribution in [2.24, 2.45) is 0 Å². The summed E-state index contributed by atoms with van der Waals surface area (Å²) in [5.41, 5.74) is 1.36. The number of amides is 2. The van der Waals surface area contributed by atoms with Crippen molar-refractivity contribution in [3.05, 3.63) is 36.3 Å². The Morgan fingerprint density at radius 2 is 2.00 bits per heavy atom. The molecule has 0 radical (unpaired) electrons. The normalized spacial score (nSPS) is 15.0. The van der Waals surface area contributed by atoms with Crippen molar-refractivity contribution in [2.75, 3.05) is 6.54 Å². The van der Waals surface area contributed by atoms with Crippen molar-refractivity contribution in [3.63, 3.8) is 0 Å². The highest BCUT2D eigenvalue weighted by Gasteiger charge is 2.30. The molecule has 3 rings (SSSR count). The van der Waals surface area contributed by atoms with Gasteiger partial charge in [-0.25, -0.2) is 4.98 Å². The molecule has 0 N–H and O–H groups in total. The topological polar surface area (TPSA) is 81.0 Å². The van der Waals surface area contributed by atoms with Gasteiger partial charge in [0.1, 0.15) is 18.8 Å². The highest BCUT2D eigenvalue weighted by molar-refractivity contribution is 6.04. The van der Waals surface area contributed by atoms with Gasteiger partial charge in [-0.3, -0.25) is 19.3 Å². The van der Waals surface area contributed by atoms with Crippen molar-refractivity contribution in [1.82, 2.24) is 14.3 Å². The van der Waals surface area contributed by atoms with Crippen LogP contribution in [0.5, 0.6) is 0 Å². The number of carbonyl (C=O) groups excluding carboxylic acids is 3. The summed E-state index contributed by atoms with van der Waals surface area (Å²) >= 11 is 0. The lowest BCUT2D eigenvalue weighted by atomic mass is 10.4. The number of likely N-dealkylation sites (tertiary alicyclic amines) is 1. The first-order chi connectivity index (χ1) is 10.1. The van der Waals surface area contributed by atoms with E-state index in [1.807, 2.05) is 28.8 Å². The molecule has 0 aromatic carbocycles. The number of carbonyl (C=O) groups is 3. The second kappa shape index (κ2) is 5.35. The first-order valence-corrected chi connectivity index (χ1v) is 6.55. The average molecular weight is 287 g/mol. The highest BCUT2D eigenvalue weighted by atomic mass is 16.5. The van der Waals surface area contributed by atoms with E-state index in [0.29, 0.717) is 5.69 Å². The lowest BCUT2D eigenvalue weighted by molar-refractivity contribution is -0.153. The molecule has 2 aromatic heterocycles. The molecule has 21 heavy (non-hydrogen) atoms. The molecular weight excluding hydrogens is 274 g/mol. The fourth-order valence-electron chi connectivity index (χ4n) is 2.19. The quantitative estimate of drug-likeness (QED) is 0.605. The number of imide groups is 1. The van der Waals surface area contributed by atoms with E-state index in [2.05, 4.69) is 4.98 Å². The van der Waals surface area contributed by atoms with Gasteiger partial charge in [0.25, 0.3) is 0 Å². The first kappa shape index (κ1) is 13.3. The van der Waals surface area contributed by atoms with Crippen LogP contribution in [0.3, 0.4) is 0 Å². The van der Waals surface area contributed by atoms with Crippen molar-refractivity contribution < 1.29 is 19.1 Å². The number of pyridine rings is 1. The molecule has 108 valence electrons. The fraction of sp³-hybridized carbons (Fsp3) is 0.286. The van der Waals surface area contributed by atoms with Gasteiger partial charge < -0.3 is 9.14 Å². The fourth-order valence-corrected chi connectivity index (χ4v) is 2.19. The van der Waals surface area contributed by atoms with E-state index in [4.69, 9.17) is 4.74 Å². The standard InChI is InChI=1S/C14H13N3O4/c18-12-4-5-13(19)17(12)8-14(20)21-9-10-7-16-6-2-1-3-11(16)15-10/h1-3,6-7H,4-5,8-9H2. The zero-order chi connectivity index (χ0) is 14.8. The van der Waals surface area contributed by atoms with Crippen molar-refractivity contribution >= 4 is 23.4 Å². The second-order valence-electron chi connectivity index (χ2n) is 4.73. The number of hydrogen-bond acceptors (Lipinski definition) is 5. The third-order valence-corrected chi connectivity index (χ3v) is 3.24. The molecule has 7 nitrogen and oxygen atoms in total. The Labute approximate surface area is 120 Å². The van der Waals surface area contributed by atoms with Crippen molar-refractivity contribution in [2.45, 2.75) is 19.4 Å². The number of nitrogens with zero attached hydrogens (tertiary/aromatic N) is 3. The number of fused-ring (bicyclic) bond motifs is 1. The van der Waals surface area contributed by atoms with Gasteiger partial charge in [0.2, 0.25) is 11.8 Å². The summed E-state index contributed by atoms with van der Waals surface area (Å²) in [6.45, 7) is -0.318. The Balaban J connectivity index is 1.58. The molecule has 2 amide bonds. The molecule has 0 spiro atoms. The molecule has 1 saturated heterocycles. The van der Waals surface area contributed by atoms with Crippen LogP contribution in [-0.4, -0.2) is 38.6 Å². The Kier molecular flexibility index (Phi) is 3.39. The summed E-state index contributed by atoms with van der Waals surface area (Å²) in [5, 5.41) is 0. The van der Waals surface area contributed by atoms with Gasteiger partial charge in [0.15, 0.2) is 0 Å². The summed E-state index contributed by atoms with van der Waals surface area (Å²) in [5.74, 6) is -1.27. The van der Waals surface area contributed by atoms with E-state index in [9.17, 15) is 14.4 Å². The summed E-state index contributed by atoms with van der Waals surface area (Å²) in [6.07, 6.45) is 3.93. The zero-order valence-electron chi connectivity index (χ0n) is 11.2. The first-order valence-electron chi connectivity index (χ1n) is 6.55. The molecule has 1 fully saturated rings. The van der Waals surface area contributed by atoms with Gasteiger partial charge in [-0.15, -0.1) is 0 Å². The molecule has 0 saturated carbocycles. The predicted molar refractivity (Wildman–Crippen MR) is 70.9 cm³/mol. The number of aromatic nitrogens is 2. The van der Waals surface area contributed by atoms with Gasteiger partial charge in [-0.1, -0.05) is 6.07 Å². The van der Waals surface area contributed by atoms with Crippen LogP contribution in [0.25, 0.3) is 5.65 Å². The van der Waals surface area contributed by atoms with Crippen LogP contribution in [-0.2, 0) is 25.7 Å². The Morgan fingerprint density at radius 3 is 2.71 bits per heavy atom. The minimum absolute atomic E-state index is 0.0106. The molecule has 1 aliphatic heterocycles. The van der Waals surface area contributed by atoms with E-state index in [1.165, 1.54) is 0 Å². The lowest BCUT2D eigenvalue weighted by Crippen LogP contribution is -2.35. The van der Waals surface area contributed by atoms with Gasteiger partial charge in [-0.2, -0.15) is 0 Å². The third kappa shape index (κ3) is 2.76. The summed E-state index contributed by atoms with van der Waals surface area (Å²) < 4.78 is 6.87. The van der Waals surface area contributed by atoms with Crippen LogP contribution in [0, 0.1) is 0 Å². The lowest BCUT2D eigenvalue weighted by Gasteiger charge is -2.12. The van der Waals surface area contributed by atoms with Crippen LogP contribution >= 0.6 is 0 Å². The minimum atomic E-state index is -0.615. The predicted octanol–water partition coefficient (Wildman–Crippen LogP) is 0.526. The van der Waals surface area contributed by atoms with Crippen LogP contribution in [0.15, 0.2) is 30.6 Å². The zero-order valence-corrected chi connectivity index (χ0v) is 11.2. The van der Waals surface area contributed by atoms with Gasteiger partial charge in [0, 0.05) is 25.2 Å². The number of hydrogen-bond donors (Lipinski definition) is 0. The summed E-state index contributed by atoms with van der Waals surface area (Å²) in [6, 6.07) is 5.57. The Hall–Kier alpha value is -2.70. The van der Waals surface area contributed by atoms with Crippen LogP contribution in [0.1, 0.15) is 18.5 Å². The molecule has 0 aliphatic carbocycles.